The molecule has 19 heavy (non-hydrogen) atoms. The summed E-state index contributed by atoms with van der Waals surface area (Å²) in [5.74, 6) is -0.687. The van der Waals surface area contributed by atoms with Crippen molar-refractivity contribution in [1.82, 2.24) is 14.7 Å². The van der Waals surface area contributed by atoms with Gasteiger partial charge in [0.25, 0.3) is 0 Å². The molecule has 1 unspecified atom stereocenters. The molecule has 0 radical (unpaired) electrons. The molecular formula is C13H21N3O3. The van der Waals surface area contributed by atoms with Gasteiger partial charge in [-0.05, 0) is 19.4 Å². The maximum atomic E-state index is 11.4. The topological polar surface area (TPSA) is 78.6 Å². The molecule has 1 aromatic heterocycles. The van der Waals surface area contributed by atoms with E-state index in [-0.39, 0.29) is 6.61 Å². The van der Waals surface area contributed by atoms with Gasteiger partial charge in [0.15, 0.2) is 0 Å². The molecule has 1 fully saturated rings. The largest absolute Gasteiger partial charge is 0.481 e. The van der Waals surface area contributed by atoms with Crippen LogP contribution >= 0.6 is 0 Å². The van der Waals surface area contributed by atoms with Gasteiger partial charge in [-0.3, -0.25) is 14.4 Å². The summed E-state index contributed by atoms with van der Waals surface area (Å²) in [7, 11) is 0. The summed E-state index contributed by atoms with van der Waals surface area (Å²) in [6.07, 6.45) is 5.07. The third-order valence-corrected chi connectivity index (χ3v) is 3.99. The Bertz CT molecular complexity index is 446. The van der Waals surface area contributed by atoms with E-state index in [2.05, 4.69) is 10.00 Å². The van der Waals surface area contributed by atoms with Gasteiger partial charge in [0.2, 0.25) is 0 Å². The Balaban J connectivity index is 1.95. The number of hydrogen-bond acceptors (Lipinski definition) is 4. The van der Waals surface area contributed by atoms with Crippen LogP contribution in [0.5, 0.6) is 0 Å². The first-order chi connectivity index (χ1) is 9.09. The average molecular weight is 267 g/mol. The van der Waals surface area contributed by atoms with Gasteiger partial charge in [-0.1, -0.05) is 6.92 Å². The second-order valence-corrected chi connectivity index (χ2v) is 5.23. The molecule has 1 atom stereocenters. The molecule has 0 aliphatic carbocycles. The molecule has 1 aliphatic rings. The third kappa shape index (κ3) is 2.96. The minimum absolute atomic E-state index is 0.0722. The molecule has 106 valence electrons. The lowest BCUT2D eigenvalue weighted by atomic mass is 9.84. The summed E-state index contributed by atoms with van der Waals surface area (Å²) in [6, 6.07) is 0. The smallest absolute Gasteiger partial charge is 0.310 e. The molecule has 0 amide bonds. The van der Waals surface area contributed by atoms with Gasteiger partial charge in [0, 0.05) is 24.8 Å². The second kappa shape index (κ2) is 5.71. The van der Waals surface area contributed by atoms with Crippen molar-refractivity contribution < 1.29 is 15.0 Å². The highest BCUT2D eigenvalue weighted by Gasteiger charge is 2.43. The van der Waals surface area contributed by atoms with Gasteiger partial charge in [-0.2, -0.15) is 5.10 Å². The number of rotatable bonds is 6. The Morgan fingerprint density at radius 1 is 1.58 bits per heavy atom. The highest BCUT2D eigenvalue weighted by molar-refractivity contribution is 5.75. The molecule has 1 aliphatic heterocycles. The number of likely N-dealkylation sites (tertiary alicyclic amines) is 1. The lowest BCUT2D eigenvalue weighted by molar-refractivity contribution is -0.148. The van der Waals surface area contributed by atoms with E-state index in [1.54, 1.807) is 10.9 Å². The van der Waals surface area contributed by atoms with Crippen molar-refractivity contribution in [1.29, 1.82) is 0 Å². The Morgan fingerprint density at radius 3 is 2.95 bits per heavy atom. The Kier molecular flexibility index (Phi) is 4.21. The monoisotopic (exact) mass is 267 g/mol. The maximum absolute atomic E-state index is 11.4. The molecule has 0 bridgehead atoms. The van der Waals surface area contributed by atoms with Crippen LogP contribution in [0.1, 0.15) is 25.3 Å². The zero-order valence-electron chi connectivity index (χ0n) is 11.2. The van der Waals surface area contributed by atoms with Crippen molar-refractivity contribution in [3.05, 3.63) is 18.0 Å². The fraction of sp³-hybridized carbons (Fsp3) is 0.692. The van der Waals surface area contributed by atoms with E-state index in [9.17, 15) is 9.90 Å². The van der Waals surface area contributed by atoms with Crippen molar-refractivity contribution in [3.63, 3.8) is 0 Å². The van der Waals surface area contributed by atoms with Crippen LogP contribution in [-0.2, 0) is 17.9 Å². The first-order valence-corrected chi connectivity index (χ1v) is 6.67. The van der Waals surface area contributed by atoms with E-state index in [0.717, 1.165) is 18.7 Å². The molecule has 2 heterocycles. The molecule has 0 aromatic carbocycles. The van der Waals surface area contributed by atoms with Crippen molar-refractivity contribution in [2.45, 2.75) is 32.9 Å². The van der Waals surface area contributed by atoms with Crippen LogP contribution in [-0.4, -0.2) is 50.6 Å². The first-order valence-electron chi connectivity index (χ1n) is 6.67. The number of aliphatic carboxylic acids is 1. The summed E-state index contributed by atoms with van der Waals surface area (Å²) >= 11 is 0. The molecule has 6 nitrogen and oxygen atoms in total. The fourth-order valence-corrected chi connectivity index (χ4v) is 2.68. The van der Waals surface area contributed by atoms with Gasteiger partial charge in [0.1, 0.15) is 0 Å². The van der Waals surface area contributed by atoms with Crippen LogP contribution < -0.4 is 0 Å². The SMILES string of the molecule is CCC1(C(=O)O)CCN(Cc2cnn(CCO)c2)C1. The molecule has 2 N–H and O–H groups in total. The Hall–Kier alpha value is -1.40. The van der Waals surface area contributed by atoms with Gasteiger partial charge in [0.05, 0.1) is 24.8 Å². The van der Waals surface area contributed by atoms with E-state index in [1.165, 1.54) is 0 Å². The molecule has 6 heteroatoms. The quantitative estimate of drug-likeness (QED) is 0.787. The molecular weight excluding hydrogens is 246 g/mol. The summed E-state index contributed by atoms with van der Waals surface area (Å²) in [4.78, 5) is 13.5. The van der Waals surface area contributed by atoms with Crippen LogP contribution in [0.15, 0.2) is 12.4 Å². The van der Waals surface area contributed by atoms with Gasteiger partial charge in [-0.25, -0.2) is 0 Å². The summed E-state index contributed by atoms with van der Waals surface area (Å²) in [6.45, 7) is 4.64. The van der Waals surface area contributed by atoms with E-state index in [0.29, 0.717) is 25.9 Å². The number of aliphatic hydroxyl groups excluding tert-OH is 1. The summed E-state index contributed by atoms with van der Waals surface area (Å²) in [5, 5.41) is 22.3. The number of hydrogen-bond donors (Lipinski definition) is 2. The lowest BCUT2D eigenvalue weighted by Crippen LogP contribution is -2.33. The number of aromatic nitrogens is 2. The van der Waals surface area contributed by atoms with Crippen LogP contribution in [0.3, 0.4) is 0 Å². The van der Waals surface area contributed by atoms with Crippen molar-refractivity contribution in [3.8, 4) is 0 Å². The molecule has 1 aromatic rings. The fourth-order valence-electron chi connectivity index (χ4n) is 2.68. The normalized spacial score (nSPS) is 23.9. The second-order valence-electron chi connectivity index (χ2n) is 5.23. The highest BCUT2D eigenvalue weighted by atomic mass is 16.4. The predicted octanol–water partition coefficient (Wildman–Crippen LogP) is 0.562. The zero-order valence-corrected chi connectivity index (χ0v) is 11.2. The summed E-state index contributed by atoms with van der Waals surface area (Å²) < 4.78 is 1.70. The Morgan fingerprint density at radius 2 is 2.37 bits per heavy atom. The number of carbonyl (C=O) groups is 1. The van der Waals surface area contributed by atoms with E-state index in [1.807, 2.05) is 13.1 Å². The maximum Gasteiger partial charge on any atom is 0.310 e. The zero-order chi connectivity index (χ0) is 13.9. The number of nitrogens with zero attached hydrogens (tertiary/aromatic N) is 3. The molecule has 0 spiro atoms. The van der Waals surface area contributed by atoms with Crippen LogP contribution in [0, 0.1) is 5.41 Å². The molecule has 1 saturated heterocycles. The highest BCUT2D eigenvalue weighted by Crippen LogP contribution is 2.34. The molecule has 0 saturated carbocycles. The van der Waals surface area contributed by atoms with E-state index >= 15 is 0 Å². The standard InChI is InChI=1S/C13H21N3O3/c1-2-13(12(18)19)3-4-15(10-13)8-11-7-14-16(9-11)5-6-17/h7,9,17H,2-6,8,10H2,1H3,(H,18,19). The Labute approximate surface area is 112 Å². The van der Waals surface area contributed by atoms with E-state index < -0.39 is 11.4 Å². The molecule has 2 rings (SSSR count). The lowest BCUT2D eigenvalue weighted by Gasteiger charge is -2.22. The van der Waals surface area contributed by atoms with Crippen LogP contribution in [0.25, 0.3) is 0 Å². The van der Waals surface area contributed by atoms with Gasteiger partial charge < -0.3 is 10.2 Å². The minimum Gasteiger partial charge on any atom is -0.481 e. The summed E-state index contributed by atoms with van der Waals surface area (Å²) in [5.41, 5.74) is 0.479. The third-order valence-electron chi connectivity index (χ3n) is 3.99. The number of carboxylic acid groups (broad SMARTS) is 1. The van der Waals surface area contributed by atoms with E-state index in [4.69, 9.17) is 5.11 Å². The number of aliphatic hydroxyl groups is 1. The number of carboxylic acids is 1. The average Bonchev–Trinajstić information content (AvgIpc) is 2.98. The van der Waals surface area contributed by atoms with Crippen LogP contribution in [0.4, 0.5) is 0 Å². The van der Waals surface area contributed by atoms with Gasteiger partial charge >= 0.3 is 5.97 Å². The van der Waals surface area contributed by atoms with Crippen molar-refractivity contribution in [2.75, 3.05) is 19.7 Å². The van der Waals surface area contributed by atoms with Gasteiger partial charge in [-0.15, -0.1) is 0 Å². The minimum atomic E-state index is -0.687. The van der Waals surface area contributed by atoms with Crippen molar-refractivity contribution in [2.24, 2.45) is 5.41 Å². The van der Waals surface area contributed by atoms with Crippen LogP contribution in [0.2, 0.25) is 0 Å². The predicted molar refractivity (Wildman–Crippen MR) is 69.6 cm³/mol. The van der Waals surface area contributed by atoms with Crippen molar-refractivity contribution >= 4 is 5.97 Å². The first kappa shape index (κ1) is 14.0.